The predicted molar refractivity (Wildman–Crippen MR) is 86.9 cm³/mol. The first kappa shape index (κ1) is 17.2. The summed E-state index contributed by atoms with van der Waals surface area (Å²) in [6, 6.07) is 3.64. The minimum atomic E-state index is -0.619. The van der Waals surface area contributed by atoms with Gasteiger partial charge in [0.2, 0.25) is 0 Å². The first-order valence-electron chi connectivity index (χ1n) is 7.78. The number of rotatable bonds is 6. The molecule has 2 rings (SSSR count). The fourth-order valence-corrected chi connectivity index (χ4v) is 2.62. The highest BCUT2D eigenvalue weighted by Gasteiger charge is 2.24. The van der Waals surface area contributed by atoms with Gasteiger partial charge in [-0.2, -0.15) is 0 Å². The van der Waals surface area contributed by atoms with Crippen LogP contribution in [0, 0.1) is 11.7 Å². The number of nitrogens with one attached hydrogen (secondary N) is 2. The van der Waals surface area contributed by atoms with Crippen molar-refractivity contribution in [1.29, 1.82) is 0 Å². The van der Waals surface area contributed by atoms with Gasteiger partial charge in [0.15, 0.2) is 0 Å². The van der Waals surface area contributed by atoms with E-state index in [4.69, 9.17) is 5.73 Å². The van der Waals surface area contributed by atoms with Gasteiger partial charge in [-0.1, -0.05) is 13.8 Å². The normalized spacial score (nSPS) is 15.7. The Labute approximate surface area is 135 Å². The van der Waals surface area contributed by atoms with Crippen molar-refractivity contribution >= 4 is 17.6 Å². The largest absolute Gasteiger partial charge is 0.348 e. The lowest BCUT2D eigenvalue weighted by atomic mass is 10.0. The summed E-state index contributed by atoms with van der Waals surface area (Å²) in [4.78, 5) is 25.5. The molecule has 1 aromatic carbocycles. The van der Waals surface area contributed by atoms with Gasteiger partial charge in [0.05, 0.1) is 5.56 Å². The van der Waals surface area contributed by atoms with E-state index in [1.807, 2.05) is 13.8 Å². The SMILES string of the molecule is CC(C)CC(CN)NC(=O)c1cc(N2CCNC2=O)ccc1F. The summed E-state index contributed by atoms with van der Waals surface area (Å²) in [6.07, 6.45) is 0.720. The van der Waals surface area contributed by atoms with Gasteiger partial charge in [-0.05, 0) is 30.5 Å². The molecule has 23 heavy (non-hydrogen) atoms. The van der Waals surface area contributed by atoms with Gasteiger partial charge in [-0.25, -0.2) is 9.18 Å². The van der Waals surface area contributed by atoms with E-state index < -0.39 is 11.7 Å². The molecule has 3 amide bonds. The van der Waals surface area contributed by atoms with Crippen molar-refractivity contribution in [3.05, 3.63) is 29.6 Å². The van der Waals surface area contributed by atoms with E-state index in [-0.39, 0.29) is 17.6 Å². The van der Waals surface area contributed by atoms with Gasteiger partial charge in [-0.3, -0.25) is 9.69 Å². The quantitative estimate of drug-likeness (QED) is 0.741. The summed E-state index contributed by atoms with van der Waals surface area (Å²) < 4.78 is 14.0. The van der Waals surface area contributed by atoms with Crippen LogP contribution in [0.3, 0.4) is 0 Å². The Morgan fingerprint density at radius 1 is 1.48 bits per heavy atom. The Balaban J connectivity index is 2.17. The van der Waals surface area contributed by atoms with Crippen molar-refractivity contribution in [2.24, 2.45) is 11.7 Å². The van der Waals surface area contributed by atoms with E-state index in [9.17, 15) is 14.0 Å². The van der Waals surface area contributed by atoms with E-state index in [0.717, 1.165) is 6.42 Å². The van der Waals surface area contributed by atoms with E-state index in [2.05, 4.69) is 10.6 Å². The molecule has 0 bridgehead atoms. The molecule has 1 fully saturated rings. The smallest absolute Gasteiger partial charge is 0.321 e. The second-order valence-corrected chi connectivity index (χ2v) is 6.08. The third-order valence-electron chi connectivity index (χ3n) is 3.74. The van der Waals surface area contributed by atoms with Crippen LogP contribution in [-0.4, -0.2) is 37.6 Å². The van der Waals surface area contributed by atoms with Crippen molar-refractivity contribution in [3.63, 3.8) is 0 Å². The second kappa shape index (κ2) is 7.41. The number of halogens is 1. The Morgan fingerprint density at radius 2 is 2.22 bits per heavy atom. The zero-order chi connectivity index (χ0) is 17.0. The molecule has 7 heteroatoms. The lowest BCUT2D eigenvalue weighted by Crippen LogP contribution is -2.41. The maximum absolute atomic E-state index is 14.0. The number of urea groups is 1. The Hall–Kier alpha value is -2.15. The average Bonchev–Trinajstić information content (AvgIpc) is 2.92. The van der Waals surface area contributed by atoms with Crippen molar-refractivity contribution in [2.75, 3.05) is 24.5 Å². The van der Waals surface area contributed by atoms with Gasteiger partial charge < -0.3 is 16.4 Å². The number of carbonyl (C=O) groups excluding carboxylic acids is 2. The molecule has 1 aromatic rings. The highest BCUT2D eigenvalue weighted by Crippen LogP contribution is 2.21. The molecule has 0 aromatic heterocycles. The molecule has 1 aliphatic rings. The molecule has 1 atom stereocenters. The van der Waals surface area contributed by atoms with Crippen LogP contribution in [0.1, 0.15) is 30.6 Å². The number of hydrogen-bond donors (Lipinski definition) is 3. The summed E-state index contributed by atoms with van der Waals surface area (Å²) in [5, 5.41) is 5.43. The standard InChI is InChI=1S/C16H23FN4O2/c1-10(2)7-11(9-18)20-15(22)13-8-12(3-4-14(13)17)21-6-5-19-16(21)23/h3-4,8,10-11H,5-7,9,18H2,1-2H3,(H,19,23)(H,20,22). The van der Waals surface area contributed by atoms with Crippen LogP contribution in [0.2, 0.25) is 0 Å². The first-order chi connectivity index (χ1) is 10.9. The monoisotopic (exact) mass is 322 g/mol. The van der Waals surface area contributed by atoms with Gasteiger partial charge in [0.1, 0.15) is 5.82 Å². The summed E-state index contributed by atoms with van der Waals surface area (Å²) in [5.74, 6) is -0.764. The van der Waals surface area contributed by atoms with E-state index in [1.54, 1.807) is 0 Å². The van der Waals surface area contributed by atoms with Crippen LogP contribution in [-0.2, 0) is 0 Å². The molecular weight excluding hydrogens is 299 g/mol. The van der Waals surface area contributed by atoms with Crippen LogP contribution in [0.15, 0.2) is 18.2 Å². The molecule has 1 saturated heterocycles. The topological polar surface area (TPSA) is 87.5 Å². The predicted octanol–water partition coefficient (Wildman–Crippen LogP) is 1.46. The molecule has 0 radical (unpaired) electrons. The second-order valence-electron chi connectivity index (χ2n) is 6.08. The fraction of sp³-hybridized carbons (Fsp3) is 0.500. The van der Waals surface area contributed by atoms with Gasteiger partial charge in [-0.15, -0.1) is 0 Å². The molecule has 1 aliphatic heterocycles. The highest BCUT2D eigenvalue weighted by molar-refractivity contribution is 5.98. The van der Waals surface area contributed by atoms with Crippen molar-refractivity contribution in [1.82, 2.24) is 10.6 Å². The van der Waals surface area contributed by atoms with Gasteiger partial charge in [0.25, 0.3) is 5.91 Å². The zero-order valence-electron chi connectivity index (χ0n) is 13.4. The van der Waals surface area contributed by atoms with Crippen LogP contribution < -0.4 is 21.3 Å². The first-order valence-corrected chi connectivity index (χ1v) is 7.78. The van der Waals surface area contributed by atoms with E-state index >= 15 is 0 Å². The minimum Gasteiger partial charge on any atom is -0.348 e. The van der Waals surface area contributed by atoms with Crippen LogP contribution >= 0.6 is 0 Å². The molecule has 4 N–H and O–H groups in total. The minimum absolute atomic E-state index is 0.0793. The molecular formula is C16H23FN4O2. The van der Waals surface area contributed by atoms with Gasteiger partial charge in [0, 0.05) is 31.4 Å². The number of nitrogens with zero attached hydrogens (tertiary/aromatic N) is 1. The maximum Gasteiger partial charge on any atom is 0.321 e. The third kappa shape index (κ3) is 4.19. The molecule has 1 unspecified atom stereocenters. The Bertz CT molecular complexity index is 591. The number of anilines is 1. The van der Waals surface area contributed by atoms with Gasteiger partial charge >= 0.3 is 6.03 Å². The van der Waals surface area contributed by atoms with Crippen molar-refractivity contribution in [2.45, 2.75) is 26.3 Å². The number of hydrogen-bond acceptors (Lipinski definition) is 3. The van der Waals surface area contributed by atoms with Crippen LogP contribution in [0.4, 0.5) is 14.9 Å². The number of carbonyl (C=O) groups is 2. The molecule has 0 saturated carbocycles. The molecule has 126 valence electrons. The average molecular weight is 322 g/mol. The van der Waals surface area contributed by atoms with Crippen molar-refractivity contribution in [3.8, 4) is 0 Å². The summed E-state index contributed by atoms with van der Waals surface area (Å²) in [5.41, 5.74) is 6.08. The lowest BCUT2D eigenvalue weighted by molar-refractivity contribution is 0.0929. The summed E-state index contributed by atoms with van der Waals surface area (Å²) >= 11 is 0. The van der Waals surface area contributed by atoms with Crippen LogP contribution in [0.25, 0.3) is 0 Å². The molecule has 0 aliphatic carbocycles. The molecule has 1 heterocycles. The highest BCUT2D eigenvalue weighted by atomic mass is 19.1. The third-order valence-corrected chi connectivity index (χ3v) is 3.74. The summed E-state index contributed by atoms with van der Waals surface area (Å²) in [7, 11) is 0. The van der Waals surface area contributed by atoms with Crippen LogP contribution in [0.5, 0.6) is 0 Å². The van der Waals surface area contributed by atoms with E-state index in [0.29, 0.717) is 31.2 Å². The Kier molecular flexibility index (Phi) is 5.54. The van der Waals surface area contributed by atoms with Crippen molar-refractivity contribution < 1.29 is 14.0 Å². The molecule has 0 spiro atoms. The fourth-order valence-electron chi connectivity index (χ4n) is 2.62. The number of benzene rings is 1. The van der Waals surface area contributed by atoms with E-state index in [1.165, 1.54) is 23.1 Å². The maximum atomic E-state index is 14.0. The number of nitrogens with two attached hydrogens (primary N) is 1. The zero-order valence-corrected chi connectivity index (χ0v) is 13.4. The summed E-state index contributed by atoms with van der Waals surface area (Å²) in [6.45, 7) is 5.37. The molecule has 6 nitrogen and oxygen atoms in total. The Morgan fingerprint density at radius 3 is 2.78 bits per heavy atom. The number of amides is 3. The lowest BCUT2D eigenvalue weighted by Gasteiger charge is -2.20.